The number of nitrogens with one attached hydrogen (secondary N) is 2. The first kappa shape index (κ1) is 14.3. The van der Waals surface area contributed by atoms with E-state index in [4.69, 9.17) is 0 Å². The molecule has 1 saturated carbocycles. The van der Waals surface area contributed by atoms with Gasteiger partial charge >= 0.3 is 0 Å². The normalized spacial score (nSPS) is 22.5. The van der Waals surface area contributed by atoms with Gasteiger partial charge in [-0.2, -0.15) is 0 Å². The van der Waals surface area contributed by atoms with Crippen LogP contribution in [0.3, 0.4) is 0 Å². The molecule has 1 aromatic carbocycles. The van der Waals surface area contributed by atoms with Crippen molar-refractivity contribution in [2.24, 2.45) is 5.92 Å². The Morgan fingerprint density at radius 2 is 2.10 bits per heavy atom. The third-order valence-corrected chi connectivity index (χ3v) is 4.63. The molecule has 0 radical (unpaired) electrons. The Hall–Kier alpha value is -1.68. The van der Waals surface area contributed by atoms with Gasteiger partial charge in [-0.25, -0.2) is 4.98 Å². The lowest BCUT2D eigenvalue weighted by Crippen LogP contribution is -2.38. The molecule has 1 aromatic heterocycles. The summed E-state index contributed by atoms with van der Waals surface area (Å²) in [6.45, 7) is 2.90. The van der Waals surface area contributed by atoms with Gasteiger partial charge in [-0.05, 0) is 30.9 Å². The quantitative estimate of drug-likeness (QED) is 0.908. The van der Waals surface area contributed by atoms with E-state index in [1.165, 1.54) is 32.1 Å². The largest absolute Gasteiger partial charge is 0.309 e. The highest BCUT2D eigenvalue weighted by molar-refractivity contribution is 5.77. The maximum atomic E-state index is 12.0. The third kappa shape index (κ3) is 3.16. The van der Waals surface area contributed by atoms with Gasteiger partial charge in [-0.3, -0.25) is 4.79 Å². The van der Waals surface area contributed by atoms with E-state index in [2.05, 4.69) is 22.2 Å². The molecular formula is C17H23N3O. The molecule has 1 heterocycles. The summed E-state index contributed by atoms with van der Waals surface area (Å²) in [5.41, 5.74) is 0.724. The maximum Gasteiger partial charge on any atom is 0.258 e. The number of aromatic nitrogens is 2. The van der Waals surface area contributed by atoms with Crippen molar-refractivity contribution >= 4 is 10.9 Å². The first-order valence-corrected chi connectivity index (χ1v) is 7.99. The number of benzene rings is 1. The topological polar surface area (TPSA) is 57.8 Å². The molecule has 2 unspecified atom stereocenters. The van der Waals surface area contributed by atoms with Crippen LogP contribution in [0.4, 0.5) is 0 Å². The summed E-state index contributed by atoms with van der Waals surface area (Å²) < 4.78 is 0. The summed E-state index contributed by atoms with van der Waals surface area (Å²) in [6, 6.07) is 8.04. The Morgan fingerprint density at radius 1 is 1.29 bits per heavy atom. The lowest BCUT2D eigenvalue weighted by atomic mass is 9.83. The van der Waals surface area contributed by atoms with Crippen LogP contribution in [0.5, 0.6) is 0 Å². The molecule has 0 amide bonds. The second kappa shape index (κ2) is 6.39. The van der Waals surface area contributed by atoms with Crippen molar-refractivity contribution in [3.8, 4) is 0 Å². The van der Waals surface area contributed by atoms with Crippen LogP contribution in [0.25, 0.3) is 10.9 Å². The minimum absolute atomic E-state index is 0.0481. The number of para-hydroxylation sites is 1. The number of hydrogen-bond donors (Lipinski definition) is 2. The van der Waals surface area contributed by atoms with Gasteiger partial charge in [0.1, 0.15) is 5.82 Å². The van der Waals surface area contributed by atoms with Crippen molar-refractivity contribution in [2.45, 2.75) is 51.6 Å². The molecule has 112 valence electrons. The molecule has 4 nitrogen and oxygen atoms in total. The molecular weight excluding hydrogens is 262 g/mol. The average molecular weight is 285 g/mol. The van der Waals surface area contributed by atoms with E-state index in [-0.39, 0.29) is 5.56 Å². The number of H-pyrrole nitrogens is 1. The summed E-state index contributed by atoms with van der Waals surface area (Å²) in [5, 5.41) is 4.26. The predicted octanol–water partition coefficient (Wildman–Crippen LogP) is 2.98. The molecule has 4 heteroatoms. The van der Waals surface area contributed by atoms with Crippen molar-refractivity contribution in [1.82, 2.24) is 15.3 Å². The zero-order valence-electron chi connectivity index (χ0n) is 12.6. The zero-order valence-corrected chi connectivity index (χ0v) is 12.6. The van der Waals surface area contributed by atoms with Crippen molar-refractivity contribution in [3.05, 3.63) is 40.4 Å². The van der Waals surface area contributed by atoms with E-state index in [1.807, 2.05) is 24.3 Å². The maximum absolute atomic E-state index is 12.0. The van der Waals surface area contributed by atoms with Gasteiger partial charge in [0.25, 0.3) is 5.56 Å². The molecule has 0 saturated heterocycles. The Kier molecular flexibility index (Phi) is 4.34. The molecule has 1 fully saturated rings. The molecule has 1 aliphatic rings. The van der Waals surface area contributed by atoms with Crippen LogP contribution in [-0.4, -0.2) is 16.0 Å². The smallest absolute Gasteiger partial charge is 0.258 e. The van der Waals surface area contributed by atoms with Crippen LogP contribution in [0.1, 0.15) is 44.9 Å². The molecule has 2 aromatic rings. The van der Waals surface area contributed by atoms with Crippen LogP contribution in [0.2, 0.25) is 0 Å². The lowest BCUT2D eigenvalue weighted by molar-refractivity contribution is 0.253. The minimum Gasteiger partial charge on any atom is -0.309 e. The van der Waals surface area contributed by atoms with Crippen molar-refractivity contribution < 1.29 is 0 Å². The van der Waals surface area contributed by atoms with Gasteiger partial charge in [0, 0.05) is 6.04 Å². The Morgan fingerprint density at radius 3 is 2.95 bits per heavy atom. The standard InChI is InChI=1S/C17H23N3O/c1-2-12-7-3-5-9-14(12)18-11-16-19-15-10-6-4-8-13(15)17(21)20-16/h4,6,8,10,12,14,18H,2-3,5,7,9,11H2,1H3,(H,19,20,21). The number of fused-ring (bicyclic) bond motifs is 1. The van der Waals surface area contributed by atoms with E-state index in [9.17, 15) is 4.79 Å². The number of nitrogens with zero attached hydrogens (tertiary/aromatic N) is 1. The van der Waals surface area contributed by atoms with Crippen LogP contribution in [-0.2, 0) is 6.54 Å². The van der Waals surface area contributed by atoms with E-state index < -0.39 is 0 Å². The van der Waals surface area contributed by atoms with Crippen LogP contribution in [0.15, 0.2) is 29.1 Å². The van der Waals surface area contributed by atoms with Crippen molar-refractivity contribution in [2.75, 3.05) is 0 Å². The molecule has 0 bridgehead atoms. The zero-order chi connectivity index (χ0) is 14.7. The molecule has 21 heavy (non-hydrogen) atoms. The second-order valence-corrected chi connectivity index (χ2v) is 5.97. The van der Waals surface area contributed by atoms with Gasteiger partial charge < -0.3 is 10.3 Å². The predicted molar refractivity (Wildman–Crippen MR) is 85.2 cm³/mol. The monoisotopic (exact) mass is 285 g/mol. The van der Waals surface area contributed by atoms with Crippen LogP contribution >= 0.6 is 0 Å². The summed E-state index contributed by atoms with van der Waals surface area (Å²) in [5.74, 6) is 1.49. The van der Waals surface area contributed by atoms with Crippen LogP contribution in [0, 0.1) is 5.92 Å². The fraction of sp³-hybridized carbons (Fsp3) is 0.529. The first-order valence-electron chi connectivity index (χ1n) is 7.99. The van der Waals surface area contributed by atoms with Gasteiger partial charge in [0.05, 0.1) is 17.4 Å². The van der Waals surface area contributed by atoms with E-state index >= 15 is 0 Å². The number of rotatable bonds is 4. The van der Waals surface area contributed by atoms with Gasteiger partial charge in [-0.1, -0.05) is 38.3 Å². The lowest BCUT2D eigenvalue weighted by Gasteiger charge is -2.31. The van der Waals surface area contributed by atoms with Gasteiger partial charge in [0.2, 0.25) is 0 Å². The van der Waals surface area contributed by atoms with E-state index in [0.717, 1.165) is 17.3 Å². The highest BCUT2D eigenvalue weighted by Gasteiger charge is 2.23. The number of hydrogen-bond acceptors (Lipinski definition) is 3. The fourth-order valence-electron chi connectivity index (χ4n) is 3.41. The Labute approximate surface area is 125 Å². The first-order chi connectivity index (χ1) is 10.3. The Balaban J connectivity index is 1.74. The summed E-state index contributed by atoms with van der Waals surface area (Å²) in [6.07, 6.45) is 6.42. The summed E-state index contributed by atoms with van der Waals surface area (Å²) in [4.78, 5) is 19.5. The minimum atomic E-state index is -0.0481. The molecule has 2 atom stereocenters. The highest BCUT2D eigenvalue weighted by Crippen LogP contribution is 2.26. The molecule has 0 spiro atoms. The average Bonchev–Trinajstić information content (AvgIpc) is 2.53. The molecule has 0 aliphatic heterocycles. The van der Waals surface area contributed by atoms with E-state index in [1.54, 1.807) is 0 Å². The Bertz CT molecular complexity index is 664. The number of aromatic amines is 1. The highest BCUT2D eigenvalue weighted by atomic mass is 16.1. The SMILES string of the molecule is CCC1CCCCC1NCc1nc2ccccc2c(=O)[nH]1. The second-order valence-electron chi connectivity index (χ2n) is 5.97. The fourth-order valence-corrected chi connectivity index (χ4v) is 3.41. The van der Waals surface area contributed by atoms with Gasteiger partial charge in [0.15, 0.2) is 0 Å². The van der Waals surface area contributed by atoms with E-state index in [0.29, 0.717) is 18.0 Å². The van der Waals surface area contributed by atoms with Crippen molar-refractivity contribution in [1.29, 1.82) is 0 Å². The summed E-state index contributed by atoms with van der Waals surface area (Å²) >= 11 is 0. The summed E-state index contributed by atoms with van der Waals surface area (Å²) in [7, 11) is 0. The van der Waals surface area contributed by atoms with Gasteiger partial charge in [-0.15, -0.1) is 0 Å². The molecule has 2 N–H and O–H groups in total. The molecule has 3 rings (SSSR count). The third-order valence-electron chi connectivity index (χ3n) is 4.63. The van der Waals surface area contributed by atoms with Crippen LogP contribution < -0.4 is 10.9 Å². The molecule has 1 aliphatic carbocycles. The van der Waals surface area contributed by atoms with Crippen molar-refractivity contribution in [3.63, 3.8) is 0 Å².